The molecule has 1 unspecified atom stereocenters. The van der Waals surface area contributed by atoms with Crippen molar-refractivity contribution in [3.05, 3.63) is 48.0 Å². The lowest BCUT2D eigenvalue weighted by Gasteiger charge is -2.15. The molecule has 0 amide bonds. The SMILES string of the molecule is COc1ccc2c(C#N)c(-c3ccc(N4CCNS4=O)cc3)n(C)c2c1. The van der Waals surface area contributed by atoms with Crippen LogP contribution in [-0.2, 0) is 18.2 Å². The van der Waals surface area contributed by atoms with Gasteiger partial charge in [0, 0.05) is 31.6 Å². The van der Waals surface area contributed by atoms with Crippen LogP contribution < -0.4 is 13.8 Å². The minimum Gasteiger partial charge on any atom is -0.497 e. The molecule has 7 heteroatoms. The first kappa shape index (κ1) is 16.6. The van der Waals surface area contributed by atoms with E-state index in [2.05, 4.69) is 10.8 Å². The maximum Gasteiger partial charge on any atom is 0.196 e. The Kier molecular flexibility index (Phi) is 4.15. The molecule has 4 rings (SSSR count). The van der Waals surface area contributed by atoms with E-state index in [0.717, 1.165) is 33.6 Å². The Morgan fingerprint density at radius 3 is 2.62 bits per heavy atom. The van der Waals surface area contributed by atoms with E-state index < -0.39 is 11.2 Å². The summed E-state index contributed by atoms with van der Waals surface area (Å²) in [5.41, 5.74) is 4.30. The van der Waals surface area contributed by atoms with Crippen LogP contribution in [0.1, 0.15) is 5.56 Å². The van der Waals surface area contributed by atoms with E-state index in [-0.39, 0.29) is 0 Å². The standard InChI is InChI=1S/C19H18N4O2S/c1-22-18-11-15(25-2)7-8-16(18)17(12-20)19(22)13-3-5-14(6-4-13)23-10-9-21-26(23)24/h3-8,11,21H,9-10H2,1-2H3. The molecular weight excluding hydrogens is 348 g/mol. The van der Waals surface area contributed by atoms with E-state index in [9.17, 15) is 9.47 Å². The van der Waals surface area contributed by atoms with Crippen LogP contribution in [0, 0.1) is 11.3 Å². The average Bonchev–Trinajstić information content (AvgIpc) is 3.22. The third kappa shape index (κ3) is 2.55. The molecule has 26 heavy (non-hydrogen) atoms. The molecule has 0 saturated carbocycles. The summed E-state index contributed by atoms with van der Waals surface area (Å²) in [4.78, 5) is 0. The van der Waals surface area contributed by atoms with E-state index in [1.165, 1.54) is 0 Å². The van der Waals surface area contributed by atoms with Gasteiger partial charge in [-0.25, -0.2) is 8.93 Å². The third-order valence-corrected chi connectivity index (χ3v) is 5.93. The molecule has 0 bridgehead atoms. The third-order valence-electron chi connectivity index (χ3n) is 4.69. The van der Waals surface area contributed by atoms with Crippen molar-refractivity contribution in [2.24, 2.45) is 7.05 Å². The van der Waals surface area contributed by atoms with E-state index >= 15 is 0 Å². The first-order valence-electron chi connectivity index (χ1n) is 8.24. The maximum atomic E-state index is 11.9. The van der Waals surface area contributed by atoms with E-state index in [4.69, 9.17) is 4.74 Å². The fourth-order valence-electron chi connectivity index (χ4n) is 3.40. The zero-order chi connectivity index (χ0) is 18.3. The van der Waals surface area contributed by atoms with E-state index in [1.807, 2.05) is 58.4 Å². The quantitative estimate of drug-likeness (QED) is 0.775. The van der Waals surface area contributed by atoms with Crippen molar-refractivity contribution in [2.45, 2.75) is 0 Å². The molecule has 2 heterocycles. The second-order valence-corrected chi connectivity index (χ2v) is 7.30. The Balaban J connectivity index is 1.82. The number of rotatable bonds is 3. The molecule has 1 aliphatic rings. The molecule has 1 aliphatic heterocycles. The largest absolute Gasteiger partial charge is 0.497 e. The molecule has 6 nitrogen and oxygen atoms in total. The number of benzene rings is 2. The van der Waals surface area contributed by atoms with Gasteiger partial charge in [0.25, 0.3) is 0 Å². The number of nitrogens with zero attached hydrogens (tertiary/aromatic N) is 3. The Bertz CT molecular complexity index is 1050. The molecule has 1 aromatic heterocycles. The van der Waals surface area contributed by atoms with Gasteiger partial charge in [0.2, 0.25) is 0 Å². The van der Waals surface area contributed by atoms with Gasteiger partial charge in [-0.2, -0.15) is 5.26 Å². The number of ether oxygens (including phenoxy) is 1. The van der Waals surface area contributed by atoms with Crippen LogP contribution in [0.15, 0.2) is 42.5 Å². The normalized spacial score (nSPS) is 16.8. The minimum atomic E-state index is -1.18. The number of fused-ring (bicyclic) bond motifs is 1. The molecule has 1 saturated heterocycles. The van der Waals surface area contributed by atoms with Gasteiger partial charge in [0.05, 0.1) is 29.6 Å². The molecule has 132 valence electrons. The van der Waals surface area contributed by atoms with Crippen molar-refractivity contribution in [3.63, 3.8) is 0 Å². The first-order chi connectivity index (χ1) is 12.6. The Labute approximate surface area is 154 Å². The molecule has 3 aromatic rings. The number of aryl methyl sites for hydroxylation is 1. The zero-order valence-electron chi connectivity index (χ0n) is 14.5. The Hall–Kier alpha value is -2.82. The molecule has 0 radical (unpaired) electrons. The predicted molar refractivity (Wildman–Crippen MR) is 103 cm³/mol. The Morgan fingerprint density at radius 2 is 2.00 bits per heavy atom. The number of nitrogens with one attached hydrogen (secondary N) is 1. The molecule has 0 spiro atoms. The zero-order valence-corrected chi connectivity index (χ0v) is 15.3. The number of hydrogen-bond donors (Lipinski definition) is 1. The summed E-state index contributed by atoms with van der Waals surface area (Å²) in [6.45, 7) is 1.42. The van der Waals surface area contributed by atoms with E-state index in [0.29, 0.717) is 18.7 Å². The van der Waals surface area contributed by atoms with Gasteiger partial charge in [0.1, 0.15) is 11.8 Å². The molecule has 2 aromatic carbocycles. The van der Waals surface area contributed by atoms with Gasteiger partial charge in [-0.1, -0.05) is 12.1 Å². The lowest BCUT2D eigenvalue weighted by atomic mass is 10.1. The van der Waals surface area contributed by atoms with Gasteiger partial charge >= 0.3 is 0 Å². The van der Waals surface area contributed by atoms with Crippen LogP contribution in [0.3, 0.4) is 0 Å². The number of aromatic nitrogens is 1. The van der Waals surface area contributed by atoms with Crippen LogP contribution in [0.2, 0.25) is 0 Å². The number of anilines is 1. The summed E-state index contributed by atoms with van der Waals surface area (Å²) >= 11 is -1.18. The van der Waals surface area contributed by atoms with Gasteiger partial charge in [-0.15, -0.1) is 0 Å². The van der Waals surface area contributed by atoms with Crippen LogP contribution in [0.4, 0.5) is 5.69 Å². The van der Waals surface area contributed by atoms with Gasteiger partial charge < -0.3 is 9.30 Å². The second kappa shape index (κ2) is 6.48. The minimum absolute atomic E-state index is 0.643. The van der Waals surface area contributed by atoms with Crippen molar-refractivity contribution in [1.82, 2.24) is 9.29 Å². The summed E-state index contributed by atoms with van der Waals surface area (Å²) in [6.07, 6.45) is 0. The second-order valence-electron chi connectivity index (χ2n) is 6.07. The van der Waals surface area contributed by atoms with Crippen LogP contribution in [0.5, 0.6) is 5.75 Å². The number of hydrogen-bond acceptors (Lipinski definition) is 3. The smallest absolute Gasteiger partial charge is 0.196 e. The summed E-state index contributed by atoms with van der Waals surface area (Å²) in [5, 5.41) is 10.6. The molecule has 1 N–H and O–H groups in total. The average molecular weight is 366 g/mol. The maximum absolute atomic E-state index is 11.9. The van der Waals surface area contributed by atoms with E-state index in [1.54, 1.807) is 7.11 Å². The highest BCUT2D eigenvalue weighted by Gasteiger charge is 2.21. The number of methoxy groups -OCH3 is 1. The predicted octanol–water partition coefficient (Wildman–Crippen LogP) is 2.71. The Morgan fingerprint density at radius 1 is 1.23 bits per heavy atom. The number of nitriles is 1. The lowest BCUT2D eigenvalue weighted by Crippen LogP contribution is -2.22. The summed E-state index contributed by atoms with van der Waals surface area (Å²) in [5.74, 6) is 0.758. The fourth-order valence-corrected chi connectivity index (χ4v) is 4.39. The highest BCUT2D eigenvalue weighted by molar-refractivity contribution is 7.84. The van der Waals surface area contributed by atoms with Crippen LogP contribution in [-0.4, -0.2) is 29.0 Å². The summed E-state index contributed by atoms with van der Waals surface area (Å²) in [7, 11) is 3.58. The molecule has 0 aliphatic carbocycles. The molecule has 1 atom stereocenters. The topological polar surface area (TPSA) is 70.3 Å². The monoisotopic (exact) mass is 366 g/mol. The van der Waals surface area contributed by atoms with Crippen molar-refractivity contribution in [2.75, 3.05) is 24.5 Å². The fraction of sp³-hybridized carbons (Fsp3) is 0.211. The highest BCUT2D eigenvalue weighted by Crippen LogP contribution is 2.35. The highest BCUT2D eigenvalue weighted by atomic mass is 32.2. The molecule has 1 fully saturated rings. The molecular formula is C19H18N4O2S. The van der Waals surface area contributed by atoms with Crippen LogP contribution >= 0.6 is 0 Å². The summed E-state index contributed by atoms with van der Waals surface area (Å²) in [6, 6.07) is 15.9. The van der Waals surface area contributed by atoms with Crippen molar-refractivity contribution < 1.29 is 8.95 Å². The lowest BCUT2D eigenvalue weighted by molar-refractivity contribution is 0.415. The van der Waals surface area contributed by atoms with Gasteiger partial charge in [0.15, 0.2) is 11.2 Å². The van der Waals surface area contributed by atoms with Crippen molar-refractivity contribution >= 4 is 27.8 Å². The van der Waals surface area contributed by atoms with Crippen molar-refractivity contribution in [1.29, 1.82) is 5.26 Å². The van der Waals surface area contributed by atoms with Crippen LogP contribution in [0.25, 0.3) is 22.2 Å². The summed E-state index contributed by atoms with van der Waals surface area (Å²) < 4.78 is 24.0. The van der Waals surface area contributed by atoms with Crippen molar-refractivity contribution in [3.8, 4) is 23.1 Å². The first-order valence-corrected chi connectivity index (χ1v) is 9.34. The van der Waals surface area contributed by atoms with Gasteiger partial charge in [-0.05, 0) is 29.8 Å². The van der Waals surface area contributed by atoms with Gasteiger partial charge in [-0.3, -0.25) is 4.31 Å².